The van der Waals surface area contributed by atoms with Crippen molar-refractivity contribution < 1.29 is 0 Å². The monoisotopic (exact) mass is 237 g/mol. The van der Waals surface area contributed by atoms with E-state index in [0.717, 1.165) is 17.9 Å². The lowest BCUT2D eigenvalue weighted by atomic mass is 10.2. The van der Waals surface area contributed by atoms with Gasteiger partial charge in [-0.2, -0.15) is 5.26 Å². The second-order valence-electron chi connectivity index (χ2n) is 4.06. The highest BCUT2D eigenvalue weighted by Gasteiger charge is 2.11. The predicted octanol–water partition coefficient (Wildman–Crippen LogP) is 3.42. The molecule has 0 radical (unpaired) electrons. The van der Waals surface area contributed by atoms with Crippen molar-refractivity contribution in [2.45, 2.75) is 13.8 Å². The molecule has 0 bridgehead atoms. The van der Waals surface area contributed by atoms with Gasteiger partial charge in [-0.15, -0.1) is 0 Å². The van der Waals surface area contributed by atoms with Gasteiger partial charge in [0.1, 0.15) is 6.07 Å². The Labute approximate surface area is 107 Å². The molecule has 2 rings (SSSR count). The molecule has 0 saturated heterocycles. The molecular formula is C15H15N3. The van der Waals surface area contributed by atoms with E-state index >= 15 is 0 Å². The first-order valence-electron chi connectivity index (χ1n) is 5.95. The highest BCUT2D eigenvalue weighted by Crippen LogP contribution is 2.26. The van der Waals surface area contributed by atoms with Gasteiger partial charge in [0.25, 0.3) is 0 Å². The van der Waals surface area contributed by atoms with Crippen molar-refractivity contribution in [2.75, 3.05) is 11.4 Å². The molecule has 0 N–H and O–H groups in total. The molecule has 1 heterocycles. The van der Waals surface area contributed by atoms with Gasteiger partial charge in [-0.1, -0.05) is 17.7 Å². The van der Waals surface area contributed by atoms with Crippen LogP contribution >= 0.6 is 0 Å². The summed E-state index contributed by atoms with van der Waals surface area (Å²) in [5.74, 6) is 0. The van der Waals surface area contributed by atoms with E-state index in [1.807, 2.05) is 12.1 Å². The molecule has 0 spiro atoms. The normalized spacial score (nSPS) is 9.83. The van der Waals surface area contributed by atoms with Gasteiger partial charge in [-0.05, 0) is 38.1 Å². The number of benzene rings is 1. The first kappa shape index (κ1) is 12.1. The second-order valence-corrected chi connectivity index (χ2v) is 4.06. The van der Waals surface area contributed by atoms with Crippen molar-refractivity contribution in [1.29, 1.82) is 5.26 Å². The zero-order valence-corrected chi connectivity index (χ0v) is 10.6. The predicted molar refractivity (Wildman–Crippen MR) is 72.8 cm³/mol. The summed E-state index contributed by atoms with van der Waals surface area (Å²) in [6.45, 7) is 4.92. The minimum absolute atomic E-state index is 0.458. The van der Waals surface area contributed by atoms with Gasteiger partial charge in [0.2, 0.25) is 0 Å². The van der Waals surface area contributed by atoms with Crippen molar-refractivity contribution in [3.63, 3.8) is 0 Å². The van der Waals surface area contributed by atoms with Crippen LogP contribution in [0.1, 0.15) is 18.2 Å². The van der Waals surface area contributed by atoms with E-state index < -0.39 is 0 Å². The minimum Gasteiger partial charge on any atom is -0.339 e. The van der Waals surface area contributed by atoms with E-state index in [4.69, 9.17) is 5.26 Å². The van der Waals surface area contributed by atoms with Crippen molar-refractivity contribution >= 4 is 11.4 Å². The number of nitrogens with zero attached hydrogens (tertiary/aromatic N) is 3. The molecule has 0 fully saturated rings. The van der Waals surface area contributed by atoms with Crippen LogP contribution in [0.25, 0.3) is 0 Å². The first-order valence-corrected chi connectivity index (χ1v) is 5.95. The minimum atomic E-state index is 0.458. The molecule has 0 amide bonds. The molecule has 0 atom stereocenters. The van der Waals surface area contributed by atoms with E-state index in [-0.39, 0.29) is 0 Å². The molecule has 0 aliphatic heterocycles. The third-order valence-corrected chi connectivity index (χ3v) is 2.84. The maximum atomic E-state index is 9.11. The van der Waals surface area contributed by atoms with Crippen molar-refractivity contribution in [3.8, 4) is 6.07 Å². The number of aryl methyl sites for hydroxylation is 1. The highest BCUT2D eigenvalue weighted by atomic mass is 15.1. The standard InChI is InChI=1S/C15H15N3/c1-3-18(13-8-6-12(2)7-9-13)15-5-4-10-17-14(15)11-16/h4-10H,3H2,1-2H3. The fourth-order valence-electron chi connectivity index (χ4n) is 1.92. The second kappa shape index (κ2) is 5.33. The van der Waals surface area contributed by atoms with Crippen molar-refractivity contribution in [3.05, 3.63) is 53.9 Å². The van der Waals surface area contributed by atoms with Crippen LogP contribution in [0.5, 0.6) is 0 Å². The van der Waals surface area contributed by atoms with Gasteiger partial charge in [-0.25, -0.2) is 4.98 Å². The number of anilines is 2. The summed E-state index contributed by atoms with van der Waals surface area (Å²) in [5, 5.41) is 9.11. The number of pyridine rings is 1. The summed E-state index contributed by atoms with van der Waals surface area (Å²) < 4.78 is 0. The largest absolute Gasteiger partial charge is 0.339 e. The quantitative estimate of drug-likeness (QED) is 0.821. The van der Waals surface area contributed by atoms with Crippen LogP contribution in [-0.4, -0.2) is 11.5 Å². The Hall–Kier alpha value is -2.34. The first-order chi connectivity index (χ1) is 8.76. The molecule has 2 aromatic rings. The van der Waals surface area contributed by atoms with Crippen LogP contribution in [0.3, 0.4) is 0 Å². The van der Waals surface area contributed by atoms with Crippen LogP contribution in [0.4, 0.5) is 11.4 Å². The average Bonchev–Trinajstić information content (AvgIpc) is 2.42. The van der Waals surface area contributed by atoms with Gasteiger partial charge in [0.05, 0.1) is 5.69 Å². The maximum Gasteiger partial charge on any atom is 0.164 e. The van der Waals surface area contributed by atoms with Gasteiger partial charge < -0.3 is 4.90 Å². The van der Waals surface area contributed by atoms with Crippen LogP contribution in [0.2, 0.25) is 0 Å². The molecule has 18 heavy (non-hydrogen) atoms. The molecular weight excluding hydrogens is 222 g/mol. The summed E-state index contributed by atoms with van der Waals surface area (Å²) in [4.78, 5) is 6.19. The van der Waals surface area contributed by atoms with Crippen molar-refractivity contribution in [1.82, 2.24) is 4.98 Å². The number of nitriles is 1. The summed E-state index contributed by atoms with van der Waals surface area (Å²) in [5.41, 5.74) is 3.61. The Morgan fingerprint density at radius 1 is 1.22 bits per heavy atom. The topological polar surface area (TPSA) is 39.9 Å². The summed E-state index contributed by atoms with van der Waals surface area (Å²) in [7, 11) is 0. The van der Waals surface area contributed by atoms with E-state index in [1.165, 1.54) is 5.56 Å². The summed E-state index contributed by atoms with van der Waals surface area (Å²) >= 11 is 0. The molecule has 0 unspecified atom stereocenters. The Balaban J connectivity index is 2.46. The van der Waals surface area contributed by atoms with Gasteiger partial charge >= 0.3 is 0 Å². The SMILES string of the molecule is CCN(c1ccc(C)cc1)c1cccnc1C#N. The number of aromatic nitrogens is 1. The molecule has 0 aliphatic rings. The van der Waals surface area contributed by atoms with E-state index in [9.17, 15) is 0 Å². The molecule has 1 aromatic heterocycles. The molecule has 0 saturated carbocycles. The maximum absolute atomic E-state index is 9.11. The Morgan fingerprint density at radius 2 is 1.94 bits per heavy atom. The van der Waals surface area contributed by atoms with E-state index in [0.29, 0.717) is 5.69 Å². The van der Waals surface area contributed by atoms with Gasteiger partial charge in [0, 0.05) is 18.4 Å². The number of hydrogen-bond acceptors (Lipinski definition) is 3. The third-order valence-electron chi connectivity index (χ3n) is 2.84. The Kier molecular flexibility index (Phi) is 3.59. The van der Waals surface area contributed by atoms with E-state index in [1.54, 1.807) is 6.20 Å². The van der Waals surface area contributed by atoms with Crippen LogP contribution in [0.15, 0.2) is 42.6 Å². The zero-order valence-electron chi connectivity index (χ0n) is 10.6. The molecule has 0 aliphatic carbocycles. The summed E-state index contributed by atoms with van der Waals surface area (Å²) in [6.07, 6.45) is 1.64. The molecule has 1 aromatic carbocycles. The van der Waals surface area contributed by atoms with Crippen LogP contribution in [0, 0.1) is 18.3 Å². The van der Waals surface area contributed by atoms with Crippen LogP contribution < -0.4 is 4.90 Å². The number of hydrogen-bond donors (Lipinski definition) is 0. The van der Waals surface area contributed by atoms with Gasteiger partial charge in [-0.3, -0.25) is 0 Å². The highest BCUT2D eigenvalue weighted by molar-refractivity contribution is 5.67. The van der Waals surface area contributed by atoms with Crippen LogP contribution in [-0.2, 0) is 0 Å². The fraction of sp³-hybridized carbons (Fsp3) is 0.200. The smallest absolute Gasteiger partial charge is 0.164 e. The third kappa shape index (κ3) is 2.33. The fourth-order valence-corrected chi connectivity index (χ4v) is 1.92. The molecule has 3 heteroatoms. The lowest BCUT2D eigenvalue weighted by Gasteiger charge is -2.23. The average molecular weight is 237 g/mol. The molecule has 3 nitrogen and oxygen atoms in total. The molecule has 90 valence electrons. The Bertz CT molecular complexity index is 567. The lowest BCUT2D eigenvalue weighted by molar-refractivity contribution is 1.01. The number of rotatable bonds is 3. The summed E-state index contributed by atoms with van der Waals surface area (Å²) in [6, 6.07) is 14.2. The Morgan fingerprint density at radius 3 is 2.56 bits per heavy atom. The zero-order chi connectivity index (χ0) is 13.0. The lowest BCUT2D eigenvalue weighted by Crippen LogP contribution is -2.17. The van der Waals surface area contributed by atoms with Crippen molar-refractivity contribution in [2.24, 2.45) is 0 Å². The van der Waals surface area contributed by atoms with Gasteiger partial charge in [0.15, 0.2) is 5.69 Å². The van der Waals surface area contributed by atoms with E-state index in [2.05, 4.69) is 54.1 Å².